The maximum Gasteiger partial charge on any atom is 0.130 e. The van der Waals surface area contributed by atoms with Crippen LogP contribution in [0.2, 0.25) is 0 Å². The molecule has 122 valence electrons. The van der Waals surface area contributed by atoms with Gasteiger partial charge in [0.25, 0.3) is 0 Å². The number of ether oxygens (including phenoxy) is 2. The normalized spacial score (nSPS) is 11.8. The molecule has 0 aromatic carbocycles. The standard InChI is InChI=1S/C17H31NO3/c1-13(2)9-18-10-17-15(5)8-16(21-17)12-20-7-6-19-11-14(3)4/h8,13-14,18H,6-7,9-12H2,1-5H3. The lowest BCUT2D eigenvalue weighted by Gasteiger charge is -2.07. The molecule has 0 radical (unpaired) electrons. The van der Waals surface area contributed by atoms with E-state index in [9.17, 15) is 0 Å². The van der Waals surface area contributed by atoms with Crippen LogP contribution in [0, 0.1) is 18.8 Å². The Morgan fingerprint density at radius 2 is 1.81 bits per heavy atom. The summed E-state index contributed by atoms with van der Waals surface area (Å²) in [6.45, 7) is 15.1. The number of hydrogen-bond donors (Lipinski definition) is 1. The van der Waals surface area contributed by atoms with E-state index in [0.717, 1.165) is 31.2 Å². The summed E-state index contributed by atoms with van der Waals surface area (Å²) < 4.78 is 16.9. The van der Waals surface area contributed by atoms with Gasteiger partial charge in [-0.3, -0.25) is 0 Å². The second-order valence-electron chi connectivity index (χ2n) is 6.36. The highest BCUT2D eigenvalue weighted by Crippen LogP contribution is 2.15. The fraction of sp³-hybridized carbons (Fsp3) is 0.765. The first-order chi connectivity index (χ1) is 9.99. The highest BCUT2D eigenvalue weighted by molar-refractivity contribution is 5.19. The minimum absolute atomic E-state index is 0.510. The Labute approximate surface area is 129 Å². The first kappa shape index (κ1) is 18.2. The zero-order valence-corrected chi connectivity index (χ0v) is 14.2. The van der Waals surface area contributed by atoms with Crippen molar-refractivity contribution in [2.45, 2.75) is 47.8 Å². The van der Waals surface area contributed by atoms with E-state index in [1.165, 1.54) is 5.56 Å². The summed E-state index contributed by atoms with van der Waals surface area (Å²) in [5, 5.41) is 3.40. The molecule has 4 heteroatoms. The molecule has 0 aliphatic rings. The highest BCUT2D eigenvalue weighted by atomic mass is 16.5. The van der Waals surface area contributed by atoms with Crippen LogP contribution in [-0.2, 0) is 22.6 Å². The molecule has 0 saturated heterocycles. The van der Waals surface area contributed by atoms with E-state index in [1.54, 1.807) is 0 Å². The SMILES string of the molecule is Cc1cc(COCCOCC(C)C)oc1CNCC(C)C. The van der Waals surface area contributed by atoms with Crippen LogP contribution in [0.15, 0.2) is 10.5 Å². The summed E-state index contributed by atoms with van der Waals surface area (Å²) in [5.41, 5.74) is 1.18. The lowest BCUT2D eigenvalue weighted by molar-refractivity contribution is 0.0261. The topological polar surface area (TPSA) is 43.6 Å². The molecule has 1 aromatic rings. The van der Waals surface area contributed by atoms with Crippen molar-refractivity contribution < 1.29 is 13.9 Å². The molecule has 1 rings (SSSR count). The van der Waals surface area contributed by atoms with Crippen molar-refractivity contribution in [3.63, 3.8) is 0 Å². The molecule has 0 bridgehead atoms. The van der Waals surface area contributed by atoms with Gasteiger partial charge in [0.2, 0.25) is 0 Å². The molecule has 21 heavy (non-hydrogen) atoms. The predicted octanol–water partition coefficient (Wildman–Crippen LogP) is 3.52. The van der Waals surface area contributed by atoms with Crippen molar-refractivity contribution in [1.82, 2.24) is 5.32 Å². The van der Waals surface area contributed by atoms with Gasteiger partial charge >= 0.3 is 0 Å². The van der Waals surface area contributed by atoms with Gasteiger partial charge in [0, 0.05) is 6.61 Å². The maximum atomic E-state index is 5.81. The molecule has 0 fully saturated rings. The van der Waals surface area contributed by atoms with Gasteiger partial charge in [0.05, 0.1) is 19.8 Å². The van der Waals surface area contributed by atoms with Crippen LogP contribution in [0.1, 0.15) is 44.8 Å². The Morgan fingerprint density at radius 3 is 2.48 bits per heavy atom. The maximum absolute atomic E-state index is 5.81. The molecule has 0 unspecified atom stereocenters. The number of rotatable bonds is 11. The molecule has 4 nitrogen and oxygen atoms in total. The second-order valence-corrected chi connectivity index (χ2v) is 6.36. The molecule has 0 saturated carbocycles. The lowest BCUT2D eigenvalue weighted by atomic mass is 10.2. The highest BCUT2D eigenvalue weighted by Gasteiger charge is 2.07. The molecule has 0 aliphatic heterocycles. The van der Waals surface area contributed by atoms with E-state index < -0.39 is 0 Å². The first-order valence-electron chi connectivity index (χ1n) is 7.93. The van der Waals surface area contributed by atoms with Crippen LogP contribution >= 0.6 is 0 Å². The average molecular weight is 297 g/mol. The summed E-state index contributed by atoms with van der Waals surface area (Å²) in [4.78, 5) is 0. The zero-order chi connectivity index (χ0) is 15.7. The van der Waals surface area contributed by atoms with E-state index in [0.29, 0.717) is 31.7 Å². The summed E-state index contributed by atoms with van der Waals surface area (Å²) in [6.07, 6.45) is 0. The Balaban J connectivity index is 2.20. The Hall–Kier alpha value is -0.840. The summed E-state index contributed by atoms with van der Waals surface area (Å²) in [5.74, 6) is 3.11. The second kappa shape index (κ2) is 9.98. The monoisotopic (exact) mass is 297 g/mol. The van der Waals surface area contributed by atoms with Crippen molar-refractivity contribution in [1.29, 1.82) is 0 Å². The number of furan rings is 1. The third-order valence-corrected chi connectivity index (χ3v) is 2.98. The Kier molecular flexibility index (Phi) is 8.66. The van der Waals surface area contributed by atoms with Crippen LogP contribution in [0.4, 0.5) is 0 Å². The van der Waals surface area contributed by atoms with Gasteiger partial charge in [-0.05, 0) is 36.9 Å². The summed E-state index contributed by atoms with van der Waals surface area (Å²) in [7, 11) is 0. The fourth-order valence-electron chi connectivity index (χ4n) is 1.92. The van der Waals surface area contributed by atoms with Crippen LogP contribution in [0.3, 0.4) is 0 Å². The van der Waals surface area contributed by atoms with Gasteiger partial charge in [-0.1, -0.05) is 27.7 Å². The smallest absolute Gasteiger partial charge is 0.130 e. The van der Waals surface area contributed by atoms with Crippen molar-refractivity contribution in [3.05, 3.63) is 23.2 Å². The molecular weight excluding hydrogens is 266 g/mol. The quantitative estimate of drug-likeness (QED) is 0.635. The molecule has 1 heterocycles. The fourth-order valence-corrected chi connectivity index (χ4v) is 1.92. The van der Waals surface area contributed by atoms with Gasteiger partial charge in [-0.25, -0.2) is 0 Å². The third-order valence-electron chi connectivity index (χ3n) is 2.98. The average Bonchev–Trinajstić information content (AvgIpc) is 2.74. The number of nitrogens with one attached hydrogen (secondary N) is 1. The van der Waals surface area contributed by atoms with Crippen molar-refractivity contribution in [3.8, 4) is 0 Å². The summed E-state index contributed by atoms with van der Waals surface area (Å²) >= 11 is 0. The van der Waals surface area contributed by atoms with Crippen molar-refractivity contribution in [2.75, 3.05) is 26.4 Å². The molecule has 0 amide bonds. The largest absolute Gasteiger partial charge is 0.462 e. The first-order valence-corrected chi connectivity index (χ1v) is 7.93. The predicted molar refractivity (Wildman–Crippen MR) is 85.3 cm³/mol. The Morgan fingerprint density at radius 1 is 1.10 bits per heavy atom. The van der Waals surface area contributed by atoms with Crippen LogP contribution in [0.5, 0.6) is 0 Å². The molecule has 0 aliphatic carbocycles. The summed E-state index contributed by atoms with van der Waals surface area (Å²) in [6, 6.07) is 2.06. The van der Waals surface area contributed by atoms with Crippen LogP contribution in [0.25, 0.3) is 0 Å². The zero-order valence-electron chi connectivity index (χ0n) is 14.2. The molecule has 1 N–H and O–H groups in total. The lowest BCUT2D eigenvalue weighted by Crippen LogP contribution is -2.18. The van der Waals surface area contributed by atoms with E-state index in [4.69, 9.17) is 13.9 Å². The molecule has 1 aromatic heterocycles. The van der Waals surface area contributed by atoms with Gasteiger partial charge < -0.3 is 19.2 Å². The van der Waals surface area contributed by atoms with Gasteiger partial charge in [-0.15, -0.1) is 0 Å². The van der Waals surface area contributed by atoms with Crippen LogP contribution in [-0.4, -0.2) is 26.4 Å². The van der Waals surface area contributed by atoms with Gasteiger partial charge in [0.1, 0.15) is 18.1 Å². The van der Waals surface area contributed by atoms with Gasteiger partial charge in [-0.2, -0.15) is 0 Å². The minimum Gasteiger partial charge on any atom is -0.462 e. The minimum atomic E-state index is 0.510. The molecular formula is C17H31NO3. The molecule has 0 atom stereocenters. The van der Waals surface area contributed by atoms with Crippen molar-refractivity contribution in [2.24, 2.45) is 11.8 Å². The van der Waals surface area contributed by atoms with Gasteiger partial charge in [0.15, 0.2) is 0 Å². The van der Waals surface area contributed by atoms with Crippen LogP contribution < -0.4 is 5.32 Å². The number of aryl methyl sites for hydroxylation is 1. The Bertz CT molecular complexity index is 385. The number of hydrogen-bond acceptors (Lipinski definition) is 4. The van der Waals surface area contributed by atoms with E-state index in [1.807, 2.05) is 0 Å². The van der Waals surface area contributed by atoms with Crippen molar-refractivity contribution >= 4 is 0 Å². The van der Waals surface area contributed by atoms with E-state index >= 15 is 0 Å². The van der Waals surface area contributed by atoms with E-state index in [2.05, 4.69) is 46.0 Å². The third kappa shape index (κ3) is 8.24. The van der Waals surface area contributed by atoms with E-state index in [-0.39, 0.29) is 0 Å². The molecule has 0 spiro atoms.